The molecule has 84 valence electrons. The molecule has 16 heavy (non-hydrogen) atoms. The summed E-state index contributed by atoms with van der Waals surface area (Å²) in [6.45, 7) is 3.68. The molecule has 0 bridgehead atoms. The van der Waals surface area contributed by atoms with Gasteiger partial charge in [0.2, 0.25) is 0 Å². The first-order valence-corrected chi connectivity index (χ1v) is 5.37. The van der Waals surface area contributed by atoms with Crippen molar-refractivity contribution in [3.8, 4) is 6.07 Å². The van der Waals surface area contributed by atoms with Gasteiger partial charge in [-0.15, -0.1) is 0 Å². The zero-order valence-electron chi connectivity index (χ0n) is 9.56. The van der Waals surface area contributed by atoms with E-state index in [4.69, 9.17) is 10.00 Å². The third-order valence-corrected chi connectivity index (χ3v) is 2.64. The molecule has 0 amide bonds. The van der Waals surface area contributed by atoms with Crippen molar-refractivity contribution >= 4 is 5.97 Å². The van der Waals surface area contributed by atoms with Gasteiger partial charge in [0.15, 0.2) is 5.60 Å². The van der Waals surface area contributed by atoms with Crippen molar-refractivity contribution in [3.63, 3.8) is 0 Å². The highest BCUT2D eigenvalue weighted by atomic mass is 16.6. The van der Waals surface area contributed by atoms with Crippen LogP contribution in [-0.4, -0.2) is 11.6 Å². The molecule has 0 saturated heterocycles. The zero-order valence-corrected chi connectivity index (χ0v) is 9.56. The van der Waals surface area contributed by atoms with Crippen LogP contribution in [0.15, 0.2) is 30.3 Å². The quantitative estimate of drug-likeness (QED) is 0.728. The van der Waals surface area contributed by atoms with Crippen LogP contribution < -0.4 is 0 Å². The molecule has 3 heteroatoms. The van der Waals surface area contributed by atoms with Gasteiger partial charge in [-0.25, -0.2) is 4.79 Å². The van der Waals surface area contributed by atoms with Crippen molar-refractivity contribution in [2.75, 3.05) is 0 Å². The Bertz CT molecular complexity index is 388. The molecule has 0 radical (unpaired) electrons. The molecule has 1 aromatic rings. The van der Waals surface area contributed by atoms with Gasteiger partial charge in [0.1, 0.15) is 6.07 Å². The summed E-state index contributed by atoms with van der Waals surface area (Å²) in [5.74, 6) is -0.439. The molecule has 0 unspecified atom stereocenters. The zero-order chi connectivity index (χ0) is 12.0. The van der Waals surface area contributed by atoms with E-state index < -0.39 is 11.6 Å². The Morgan fingerprint density at radius 2 is 1.88 bits per heavy atom. The van der Waals surface area contributed by atoms with Crippen LogP contribution in [0.2, 0.25) is 0 Å². The maximum absolute atomic E-state index is 11.8. The van der Waals surface area contributed by atoms with Crippen LogP contribution in [0.3, 0.4) is 0 Å². The predicted molar refractivity (Wildman–Crippen MR) is 60.8 cm³/mol. The largest absolute Gasteiger partial charge is 0.440 e. The highest BCUT2D eigenvalue weighted by molar-refractivity contribution is 5.89. The van der Waals surface area contributed by atoms with Crippen LogP contribution in [-0.2, 0) is 4.74 Å². The lowest BCUT2D eigenvalue weighted by molar-refractivity contribution is 0.00395. The number of hydrogen-bond acceptors (Lipinski definition) is 3. The predicted octanol–water partition coefficient (Wildman–Crippen LogP) is 2.93. The highest BCUT2D eigenvalue weighted by Gasteiger charge is 2.30. The van der Waals surface area contributed by atoms with Crippen molar-refractivity contribution < 1.29 is 9.53 Å². The fraction of sp³-hybridized carbons (Fsp3) is 0.385. The molecule has 0 heterocycles. The van der Waals surface area contributed by atoms with Crippen molar-refractivity contribution in [2.24, 2.45) is 0 Å². The molecule has 1 rings (SSSR count). The SMILES string of the molecule is CCC(C#N)(CC)OC(=O)c1ccccc1. The van der Waals surface area contributed by atoms with E-state index in [2.05, 4.69) is 6.07 Å². The van der Waals surface area contributed by atoms with Crippen LogP contribution in [0.5, 0.6) is 0 Å². The maximum atomic E-state index is 11.8. The van der Waals surface area contributed by atoms with Crippen LogP contribution in [0.1, 0.15) is 37.0 Å². The number of nitrogens with zero attached hydrogens (tertiary/aromatic N) is 1. The van der Waals surface area contributed by atoms with Gasteiger partial charge in [-0.1, -0.05) is 32.0 Å². The fourth-order valence-corrected chi connectivity index (χ4v) is 1.39. The molecule has 3 nitrogen and oxygen atoms in total. The lowest BCUT2D eigenvalue weighted by atomic mass is 9.99. The number of esters is 1. The number of hydrogen-bond donors (Lipinski definition) is 0. The average Bonchev–Trinajstić information content (AvgIpc) is 2.37. The Hall–Kier alpha value is -1.82. The van der Waals surface area contributed by atoms with Gasteiger partial charge >= 0.3 is 5.97 Å². The first-order valence-electron chi connectivity index (χ1n) is 5.37. The van der Waals surface area contributed by atoms with E-state index in [-0.39, 0.29) is 0 Å². The summed E-state index contributed by atoms with van der Waals surface area (Å²) < 4.78 is 5.27. The van der Waals surface area contributed by atoms with Crippen molar-refractivity contribution in [3.05, 3.63) is 35.9 Å². The second-order valence-electron chi connectivity index (χ2n) is 3.57. The minimum Gasteiger partial charge on any atom is -0.440 e. The summed E-state index contributed by atoms with van der Waals surface area (Å²) in [7, 11) is 0. The van der Waals surface area contributed by atoms with E-state index in [1.54, 1.807) is 24.3 Å². The van der Waals surface area contributed by atoms with Crippen molar-refractivity contribution in [1.82, 2.24) is 0 Å². The molecule has 0 atom stereocenters. The Morgan fingerprint density at radius 3 is 2.31 bits per heavy atom. The van der Waals surface area contributed by atoms with Gasteiger partial charge in [-0.05, 0) is 25.0 Å². The van der Waals surface area contributed by atoms with E-state index >= 15 is 0 Å². The van der Waals surface area contributed by atoms with Gasteiger partial charge < -0.3 is 4.74 Å². The maximum Gasteiger partial charge on any atom is 0.339 e. The molecular formula is C13H15NO2. The summed E-state index contributed by atoms with van der Waals surface area (Å²) in [6.07, 6.45) is 0.997. The monoisotopic (exact) mass is 217 g/mol. The third-order valence-electron chi connectivity index (χ3n) is 2.64. The summed E-state index contributed by atoms with van der Waals surface area (Å²) >= 11 is 0. The smallest absolute Gasteiger partial charge is 0.339 e. The summed E-state index contributed by atoms with van der Waals surface area (Å²) in [5.41, 5.74) is -0.517. The standard InChI is InChI=1S/C13H15NO2/c1-3-13(4-2,10-14)16-12(15)11-8-6-5-7-9-11/h5-9H,3-4H2,1-2H3. The van der Waals surface area contributed by atoms with Crippen LogP contribution >= 0.6 is 0 Å². The van der Waals surface area contributed by atoms with Crippen molar-refractivity contribution in [1.29, 1.82) is 5.26 Å². The Morgan fingerprint density at radius 1 is 1.31 bits per heavy atom. The minimum absolute atomic E-state index is 0.439. The van der Waals surface area contributed by atoms with Gasteiger partial charge in [0.25, 0.3) is 0 Å². The normalized spacial score (nSPS) is 10.6. The molecule has 0 aromatic heterocycles. The first-order chi connectivity index (χ1) is 7.67. The summed E-state index contributed by atoms with van der Waals surface area (Å²) in [5, 5.41) is 9.05. The van der Waals surface area contributed by atoms with Crippen molar-refractivity contribution in [2.45, 2.75) is 32.3 Å². The fourth-order valence-electron chi connectivity index (χ4n) is 1.39. The lowest BCUT2D eigenvalue weighted by Crippen LogP contribution is -2.32. The number of benzene rings is 1. The molecule has 0 N–H and O–H groups in total. The summed E-state index contributed by atoms with van der Waals surface area (Å²) in [6, 6.07) is 10.8. The third kappa shape index (κ3) is 2.60. The number of rotatable bonds is 4. The van der Waals surface area contributed by atoms with E-state index in [9.17, 15) is 4.79 Å². The minimum atomic E-state index is -0.993. The molecule has 0 fully saturated rings. The number of carbonyl (C=O) groups is 1. The van der Waals surface area contributed by atoms with Gasteiger partial charge in [0, 0.05) is 0 Å². The Labute approximate surface area is 95.7 Å². The van der Waals surface area contributed by atoms with Crippen LogP contribution in [0.4, 0.5) is 0 Å². The van der Waals surface area contributed by atoms with Gasteiger partial charge in [0.05, 0.1) is 5.56 Å². The molecule has 0 aliphatic carbocycles. The molecule has 1 aromatic carbocycles. The molecule has 0 aliphatic heterocycles. The van der Waals surface area contributed by atoms with Crippen LogP contribution in [0.25, 0.3) is 0 Å². The number of nitriles is 1. The van der Waals surface area contributed by atoms with E-state index in [1.807, 2.05) is 19.9 Å². The second kappa shape index (κ2) is 5.32. The first kappa shape index (κ1) is 12.3. The van der Waals surface area contributed by atoms with Crippen LogP contribution in [0, 0.1) is 11.3 Å². The van der Waals surface area contributed by atoms with Gasteiger partial charge in [-0.3, -0.25) is 0 Å². The summed E-state index contributed by atoms with van der Waals surface area (Å²) in [4.78, 5) is 11.8. The lowest BCUT2D eigenvalue weighted by Gasteiger charge is -2.23. The highest BCUT2D eigenvalue weighted by Crippen LogP contribution is 2.21. The Kier molecular flexibility index (Phi) is 4.07. The second-order valence-corrected chi connectivity index (χ2v) is 3.57. The molecule has 0 spiro atoms. The number of ether oxygens (including phenoxy) is 1. The average molecular weight is 217 g/mol. The number of carbonyl (C=O) groups excluding carboxylic acids is 1. The molecule has 0 aliphatic rings. The van der Waals surface area contributed by atoms with E-state index in [0.717, 1.165) is 0 Å². The van der Waals surface area contributed by atoms with E-state index in [1.165, 1.54) is 0 Å². The van der Waals surface area contributed by atoms with E-state index in [0.29, 0.717) is 18.4 Å². The van der Waals surface area contributed by atoms with Gasteiger partial charge in [-0.2, -0.15) is 5.26 Å². The topological polar surface area (TPSA) is 50.1 Å². The Balaban J connectivity index is 2.82. The molecule has 0 saturated carbocycles. The molecular weight excluding hydrogens is 202 g/mol.